The van der Waals surface area contributed by atoms with Gasteiger partial charge in [-0.1, -0.05) is 23.7 Å². The van der Waals surface area contributed by atoms with Crippen LogP contribution in [0.5, 0.6) is 5.75 Å². The summed E-state index contributed by atoms with van der Waals surface area (Å²) in [6, 6.07) is 12.8. The summed E-state index contributed by atoms with van der Waals surface area (Å²) in [6.45, 7) is 0.163. The monoisotopic (exact) mass is 399 g/mol. The van der Waals surface area contributed by atoms with Crippen molar-refractivity contribution in [3.8, 4) is 17.5 Å². The molecule has 0 atom stereocenters. The number of nitrogen functional groups attached to an aromatic ring is 1. The van der Waals surface area contributed by atoms with E-state index in [0.717, 1.165) is 0 Å². The fourth-order valence-electron chi connectivity index (χ4n) is 2.67. The fourth-order valence-corrected chi connectivity index (χ4v) is 2.93. The molecular formula is C20H15ClFN3O3. The first kappa shape index (κ1) is 19.3. The molecule has 0 aliphatic heterocycles. The third kappa shape index (κ3) is 3.77. The van der Waals surface area contributed by atoms with Crippen molar-refractivity contribution < 1.29 is 18.7 Å². The van der Waals surface area contributed by atoms with Crippen LogP contribution < -0.4 is 10.5 Å². The third-order valence-electron chi connectivity index (χ3n) is 4.02. The summed E-state index contributed by atoms with van der Waals surface area (Å²) in [5.41, 5.74) is 7.13. The van der Waals surface area contributed by atoms with Gasteiger partial charge in [0.2, 0.25) is 0 Å². The summed E-state index contributed by atoms with van der Waals surface area (Å²) in [6.07, 6.45) is 1.41. The molecule has 0 radical (unpaired) electrons. The second kappa shape index (κ2) is 8.03. The summed E-state index contributed by atoms with van der Waals surface area (Å²) in [5.74, 6) is -0.580. The highest BCUT2D eigenvalue weighted by Crippen LogP contribution is 2.31. The first-order chi connectivity index (χ1) is 13.4. The quantitative estimate of drug-likeness (QED) is 0.652. The first-order valence-electron chi connectivity index (χ1n) is 8.11. The number of nitriles is 1. The van der Waals surface area contributed by atoms with E-state index in [9.17, 15) is 14.4 Å². The molecule has 0 spiro atoms. The standard InChI is InChI=1S/C20H15ClFN3O3/c1-27-20(26)19-18(24)13(9-23)10-25(19)17-6-5-15(8-16(17)21)28-11-12-3-2-4-14(22)7-12/h2-8,10H,11,24H2,1H3. The van der Waals surface area contributed by atoms with Gasteiger partial charge in [0.25, 0.3) is 0 Å². The molecule has 1 heterocycles. The number of methoxy groups -OCH3 is 1. The van der Waals surface area contributed by atoms with Gasteiger partial charge < -0.3 is 19.8 Å². The van der Waals surface area contributed by atoms with Crippen LogP contribution in [0.4, 0.5) is 10.1 Å². The van der Waals surface area contributed by atoms with Gasteiger partial charge in [-0.05, 0) is 29.8 Å². The van der Waals surface area contributed by atoms with E-state index in [1.165, 1.54) is 30.0 Å². The number of anilines is 1. The Hall–Kier alpha value is -3.50. The van der Waals surface area contributed by atoms with Crippen LogP contribution in [0.3, 0.4) is 0 Å². The highest BCUT2D eigenvalue weighted by Gasteiger charge is 2.22. The predicted octanol–water partition coefficient (Wildman–Crippen LogP) is 4.09. The molecule has 3 aromatic rings. The maximum atomic E-state index is 13.2. The van der Waals surface area contributed by atoms with E-state index in [1.807, 2.05) is 6.07 Å². The largest absolute Gasteiger partial charge is 0.489 e. The average Bonchev–Trinajstić information content (AvgIpc) is 3.02. The number of carbonyl (C=O) groups excluding carboxylic acids is 1. The highest BCUT2D eigenvalue weighted by atomic mass is 35.5. The number of benzene rings is 2. The summed E-state index contributed by atoms with van der Waals surface area (Å²) in [7, 11) is 1.22. The molecule has 6 nitrogen and oxygen atoms in total. The second-order valence-corrected chi connectivity index (χ2v) is 6.22. The molecule has 0 saturated heterocycles. The summed E-state index contributed by atoms with van der Waals surface area (Å²) in [5, 5.41) is 9.46. The van der Waals surface area contributed by atoms with Crippen LogP contribution in [0, 0.1) is 17.1 Å². The Bertz CT molecular complexity index is 1090. The van der Waals surface area contributed by atoms with Crippen molar-refractivity contribution in [1.82, 2.24) is 4.57 Å². The zero-order valence-electron chi connectivity index (χ0n) is 14.8. The van der Waals surface area contributed by atoms with Gasteiger partial charge >= 0.3 is 5.97 Å². The summed E-state index contributed by atoms with van der Waals surface area (Å²) in [4.78, 5) is 12.1. The minimum Gasteiger partial charge on any atom is -0.489 e. The number of esters is 1. The van der Waals surface area contributed by atoms with E-state index < -0.39 is 5.97 Å². The van der Waals surface area contributed by atoms with Crippen LogP contribution in [0.1, 0.15) is 21.6 Å². The Morgan fingerprint density at radius 2 is 2.11 bits per heavy atom. The second-order valence-electron chi connectivity index (χ2n) is 5.81. The number of rotatable bonds is 5. The van der Waals surface area contributed by atoms with Crippen LogP contribution in [-0.4, -0.2) is 17.6 Å². The Morgan fingerprint density at radius 1 is 1.32 bits per heavy atom. The smallest absolute Gasteiger partial charge is 0.357 e. The zero-order valence-corrected chi connectivity index (χ0v) is 15.5. The van der Waals surface area contributed by atoms with Crippen molar-refractivity contribution in [3.05, 3.63) is 76.3 Å². The van der Waals surface area contributed by atoms with Gasteiger partial charge in [0.1, 0.15) is 24.2 Å². The van der Waals surface area contributed by atoms with E-state index in [4.69, 9.17) is 26.8 Å². The fraction of sp³-hybridized carbons (Fsp3) is 0.100. The van der Waals surface area contributed by atoms with Crippen molar-refractivity contribution in [1.29, 1.82) is 5.26 Å². The lowest BCUT2D eigenvalue weighted by Gasteiger charge is -2.12. The van der Waals surface area contributed by atoms with E-state index >= 15 is 0 Å². The molecule has 0 aliphatic rings. The van der Waals surface area contributed by atoms with Crippen LogP contribution >= 0.6 is 11.6 Å². The predicted molar refractivity (Wildman–Crippen MR) is 102 cm³/mol. The van der Waals surface area contributed by atoms with Gasteiger partial charge in [-0.2, -0.15) is 5.26 Å². The molecular weight excluding hydrogens is 385 g/mol. The third-order valence-corrected chi connectivity index (χ3v) is 4.32. The number of hydrogen-bond acceptors (Lipinski definition) is 5. The van der Waals surface area contributed by atoms with Crippen molar-refractivity contribution in [2.75, 3.05) is 12.8 Å². The molecule has 142 valence electrons. The first-order valence-corrected chi connectivity index (χ1v) is 8.48. The normalized spacial score (nSPS) is 10.4. The van der Waals surface area contributed by atoms with Gasteiger partial charge in [-0.25, -0.2) is 9.18 Å². The van der Waals surface area contributed by atoms with Crippen molar-refractivity contribution in [2.45, 2.75) is 6.61 Å². The van der Waals surface area contributed by atoms with Crippen molar-refractivity contribution >= 4 is 23.3 Å². The van der Waals surface area contributed by atoms with Gasteiger partial charge in [-0.15, -0.1) is 0 Å². The molecule has 8 heteroatoms. The molecule has 1 aromatic heterocycles. The lowest BCUT2D eigenvalue weighted by atomic mass is 10.2. The number of carbonyl (C=O) groups is 1. The molecule has 0 aliphatic carbocycles. The van der Waals surface area contributed by atoms with Crippen LogP contribution in [0.25, 0.3) is 5.69 Å². The van der Waals surface area contributed by atoms with Gasteiger partial charge in [-0.3, -0.25) is 0 Å². The Labute approximate surface area is 165 Å². The van der Waals surface area contributed by atoms with E-state index in [2.05, 4.69) is 0 Å². The molecule has 28 heavy (non-hydrogen) atoms. The molecule has 3 rings (SSSR count). The molecule has 0 amide bonds. The molecule has 0 bridgehead atoms. The number of nitrogens with zero attached hydrogens (tertiary/aromatic N) is 2. The number of hydrogen-bond donors (Lipinski definition) is 1. The van der Waals surface area contributed by atoms with Crippen LogP contribution in [0.15, 0.2) is 48.7 Å². The molecule has 0 fully saturated rings. The highest BCUT2D eigenvalue weighted by molar-refractivity contribution is 6.32. The van der Waals surface area contributed by atoms with Gasteiger partial charge in [0.15, 0.2) is 5.69 Å². The molecule has 0 saturated carbocycles. The lowest BCUT2D eigenvalue weighted by Crippen LogP contribution is -2.11. The topological polar surface area (TPSA) is 90.3 Å². The lowest BCUT2D eigenvalue weighted by molar-refractivity contribution is 0.0593. The number of ether oxygens (including phenoxy) is 2. The Balaban J connectivity index is 1.91. The Morgan fingerprint density at radius 3 is 2.75 bits per heavy atom. The van der Waals surface area contributed by atoms with Crippen molar-refractivity contribution in [2.24, 2.45) is 0 Å². The van der Waals surface area contributed by atoms with Gasteiger partial charge in [0.05, 0.1) is 29.1 Å². The number of halogens is 2. The molecule has 2 N–H and O–H groups in total. The SMILES string of the molecule is COC(=O)c1c(N)c(C#N)cn1-c1ccc(OCc2cccc(F)c2)cc1Cl. The number of aromatic nitrogens is 1. The zero-order chi connectivity index (χ0) is 20.3. The summed E-state index contributed by atoms with van der Waals surface area (Å²) < 4.78 is 25.0. The van der Waals surface area contributed by atoms with Crippen molar-refractivity contribution in [3.63, 3.8) is 0 Å². The molecule has 0 unspecified atom stereocenters. The average molecular weight is 400 g/mol. The van der Waals surface area contributed by atoms with Crippen LogP contribution in [-0.2, 0) is 11.3 Å². The van der Waals surface area contributed by atoms with Crippen LogP contribution in [0.2, 0.25) is 5.02 Å². The van der Waals surface area contributed by atoms with E-state index in [-0.39, 0.29) is 34.4 Å². The van der Waals surface area contributed by atoms with E-state index in [1.54, 1.807) is 30.3 Å². The minimum absolute atomic E-state index is 0.00868. The number of nitrogens with two attached hydrogens (primary N) is 1. The maximum absolute atomic E-state index is 13.2. The maximum Gasteiger partial charge on any atom is 0.357 e. The van der Waals surface area contributed by atoms with E-state index in [0.29, 0.717) is 17.0 Å². The summed E-state index contributed by atoms with van der Waals surface area (Å²) >= 11 is 6.36. The van der Waals surface area contributed by atoms with Gasteiger partial charge in [0, 0.05) is 12.3 Å². The minimum atomic E-state index is -0.693. The molecule has 2 aromatic carbocycles. The Kier molecular flexibility index (Phi) is 5.52.